The van der Waals surface area contributed by atoms with Gasteiger partial charge in [0.05, 0.1) is 13.2 Å². The zero-order valence-corrected chi connectivity index (χ0v) is 15.3. The Morgan fingerprint density at radius 3 is 2.46 bits per heavy atom. The number of carbonyl (C=O) groups is 2. The molecular weight excluding hydrogens is 306 g/mol. The average molecular weight is 339 g/mol. The highest BCUT2D eigenvalue weighted by molar-refractivity contribution is 5.78. The molecule has 0 aromatic heterocycles. The van der Waals surface area contributed by atoms with Crippen molar-refractivity contribution < 1.29 is 14.3 Å². The summed E-state index contributed by atoms with van der Waals surface area (Å²) < 4.78 is 5.02. The lowest BCUT2D eigenvalue weighted by atomic mass is 10.0. The van der Waals surface area contributed by atoms with E-state index in [0.717, 1.165) is 38.5 Å². The molecular formula is C18H33N3O3. The van der Waals surface area contributed by atoms with Crippen LogP contribution in [0.25, 0.3) is 0 Å². The monoisotopic (exact) mass is 339 g/mol. The first-order chi connectivity index (χ1) is 11.6. The van der Waals surface area contributed by atoms with Gasteiger partial charge in [-0.1, -0.05) is 25.7 Å². The van der Waals surface area contributed by atoms with E-state index in [4.69, 9.17) is 4.74 Å². The molecule has 6 nitrogen and oxygen atoms in total. The third-order valence-corrected chi connectivity index (χ3v) is 5.16. The van der Waals surface area contributed by atoms with Gasteiger partial charge in [-0.3, -0.25) is 14.5 Å². The Hall–Kier alpha value is -1.14. The fourth-order valence-electron chi connectivity index (χ4n) is 3.76. The van der Waals surface area contributed by atoms with Crippen molar-refractivity contribution in [1.82, 2.24) is 15.1 Å². The molecule has 2 fully saturated rings. The maximum absolute atomic E-state index is 12.3. The summed E-state index contributed by atoms with van der Waals surface area (Å²) in [6.45, 7) is 5.90. The van der Waals surface area contributed by atoms with Crippen molar-refractivity contribution in [2.24, 2.45) is 5.92 Å². The molecule has 1 N–H and O–H groups in total. The molecule has 1 unspecified atom stereocenters. The van der Waals surface area contributed by atoms with Crippen LogP contribution in [-0.4, -0.2) is 74.1 Å². The van der Waals surface area contributed by atoms with Gasteiger partial charge >= 0.3 is 0 Å². The van der Waals surface area contributed by atoms with Gasteiger partial charge in [-0.25, -0.2) is 0 Å². The van der Waals surface area contributed by atoms with E-state index in [1.54, 1.807) is 7.11 Å². The molecule has 1 aliphatic carbocycles. The van der Waals surface area contributed by atoms with Gasteiger partial charge in [0, 0.05) is 45.8 Å². The molecule has 138 valence electrons. The summed E-state index contributed by atoms with van der Waals surface area (Å²) in [5.74, 6) is 1.09. The van der Waals surface area contributed by atoms with E-state index in [9.17, 15) is 9.59 Å². The molecule has 1 aliphatic heterocycles. The smallest absolute Gasteiger partial charge is 0.234 e. The Morgan fingerprint density at radius 2 is 1.83 bits per heavy atom. The Kier molecular flexibility index (Phi) is 7.99. The number of ether oxygens (including phenoxy) is 1. The van der Waals surface area contributed by atoms with Crippen molar-refractivity contribution in [3.05, 3.63) is 0 Å². The number of rotatable bonds is 8. The highest BCUT2D eigenvalue weighted by atomic mass is 16.5. The zero-order valence-electron chi connectivity index (χ0n) is 15.3. The van der Waals surface area contributed by atoms with Crippen LogP contribution >= 0.6 is 0 Å². The largest absolute Gasteiger partial charge is 0.383 e. The van der Waals surface area contributed by atoms with Crippen molar-refractivity contribution in [3.8, 4) is 0 Å². The van der Waals surface area contributed by atoms with Gasteiger partial charge in [0.1, 0.15) is 0 Å². The number of nitrogens with zero attached hydrogens (tertiary/aromatic N) is 2. The first-order valence-corrected chi connectivity index (χ1v) is 9.37. The second kappa shape index (κ2) is 9.99. The molecule has 1 saturated heterocycles. The zero-order chi connectivity index (χ0) is 17.4. The number of piperazine rings is 1. The molecule has 0 spiro atoms. The van der Waals surface area contributed by atoms with Crippen LogP contribution in [0, 0.1) is 5.92 Å². The highest BCUT2D eigenvalue weighted by Crippen LogP contribution is 2.28. The van der Waals surface area contributed by atoms with Crippen LogP contribution in [0.4, 0.5) is 0 Å². The van der Waals surface area contributed by atoms with Gasteiger partial charge in [-0.15, -0.1) is 0 Å². The normalized spacial score (nSPS) is 21.0. The first kappa shape index (κ1) is 19.2. The van der Waals surface area contributed by atoms with Crippen molar-refractivity contribution in [1.29, 1.82) is 0 Å². The molecule has 6 heteroatoms. The SMILES string of the molecule is COCC(C)NC(=O)CN1CCN(C(=O)CCC2CCCC2)CC1. The lowest BCUT2D eigenvalue weighted by molar-refractivity contribution is -0.133. The fourth-order valence-corrected chi connectivity index (χ4v) is 3.76. The fraction of sp³-hybridized carbons (Fsp3) is 0.889. The summed E-state index contributed by atoms with van der Waals surface area (Å²) in [6, 6.07) is 0.0287. The number of methoxy groups -OCH3 is 1. The number of hydrogen-bond donors (Lipinski definition) is 1. The van der Waals surface area contributed by atoms with Gasteiger partial charge in [-0.05, 0) is 19.3 Å². The van der Waals surface area contributed by atoms with Crippen LogP contribution in [0.2, 0.25) is 0 Å². The van der Waals surface area contributed by atoms with E-state index in [0.29, 0.717) is 25.5 Å². The molecule has 0 radical (unpaired) electrons. The third kappa shape index (κ3) is 6.40. The molecule has 0 bridgehead atoms. The third-order valence-electron chi connectivity index (χ3n) is 5.16. The predicted octanol–water partition coefficient (Wildman–Crippen LogP) is 1.25. The molecule has 2 rings (SSSR count). The summed E-state index contributed by atoms with van der Waals surface area (Å²) in [7, 11) is 1.63. The van der Waals surface area contributed by atoms with Gasteiger partial charge in [0.15, 0.2) is 0 Å². The Labute approximate surface area is 145 Å². The van der Waals surface area contributed by atoms with Gasteiger partial charge in [0.25, 0.3) is 0 Å². The number of hydrogen-bond acceptors (Lipinski definition) is 4. The minimum Gasteiger partial charge on any atom is -0.383 e. The van der Waals surface area contributed by atoms with Gasteiger partial charge in [-0.2, -0.15) is 0 Å². The Balaban J connectivity index is 1.61. The standard InChI is InChI=1S/C18H33N3O3/c1-15(14-24-2)19-17(22)13-20-9-11-21(12-10-20)18(23)8-7-16-5-3-4-6-16/h15-16H,3-14H2,1-2H3,(H,19,22). The van der Waals surface area contributed by atoms with E-state index < -0.39 is 0 Å². The maximum atomic E-state index is 12.3. The predicted molar refractivity (Wildman–Crippen MR) is 93.7 cm³/mol. The van der Waals surface area contributed by atoms with Crippen LogP contribution in [0.5, 0.6) is 0 Å². The topological polar surface area (TPSA) is 61.9 Å². The van der Waals surface area contributed by atoms with Crippen molar-refractivity contribution in [2.75, 3.05) is 46.4 Å². The van der Waals surface area contributed by atoms with E-state index in [-0.39, 0.29) is 11.9 Å². The minimum atomic E-state index is 0.0283. The number of nitrogens with one attached hydrogen (secondary N) is 1. The van der Waals surface area contributed by atoms with Crippen molar-refractivity contribution >= 4 is 11.8 Å². The van der Waals surface area contributed by atoms with E-state index in [1.165, 1.54) is 25.7 Å². The summed E-state index contributed by atoms with van der Waals surface area (Å²) in [5, 5.41) is 2.93. The van der Waals surface area contributed by atoms with Crippen LogP contribution in [0.3, 0.4) is 0 Å². The summed E-state index contributed by atoms with van der Waals surface area (Å²) in [4.78, 5) is 28.4. The molecule has 1 atom stereocenters. The number of carbonyl (C=O) groups excluding carboxylic acids is 2. The van der Waals surface area contributed by atoms with E-state index in [2.05, 4.69) is 10.2 Å². The van der Waals surface area contributed by atoms with Crippen LogP contribution in [0.15, 0.2) is 0 Å². The quantitative estimate of drug-likeness (QED) is 0.723. The Morgan fingerprint density at radius 1 is 1.17 bits per heavy atom. The van der Waals surface area contributed by atoms with Gasteiger partial charge in [0.2, 0.25) is 11.8 Å². The molecule has 1 heterocycles. The van der Waals surface area contributed by atoms with Crippen molar-refractivity contribution in [3.63, 3.8) is 0 Å². The average Bonchev–Trinajstić information content (AvgIpc) is 3.06. The second-order valence-corrected chi connectivity index (χ2v) is 7.27. The van der Waals surface area contributed by atoms with Crippen molar-refractivity contribution in [2.45, 2.75) is 51.5 Å². The first-order valence-electron chi connectivity index (χ1n) is 9.37. The van der Waals surface area contributed by atoms with Crippen LogP contribution < -0.4 is 5.32 Å². The minimum absolute atomic E-state index is 0.0283. The summed E-state index contributed by atoms with van der Waals surface area (Å²) in [6.07, 6.45) is 7.03. The molecule has 2 amide bonds. The van der Waals surface area contributed by atoms with Gasteiger partial charge < -0.3 is 15.0 Å². The number of amides is 2. The maximum Gasteiger partial charge on any atom is 0.234 e. The van der Waals surface area contributed by atoms with E-state index in [1.807, 2.05) is 11.8 Å². The molecule has 1 saturated carbocycles. The molecule has 0 aromatic rings. The second-order valence-electron chi connectivity index (χ2n) is 7.27. The lowest BCUT2D eigenvalue weighted by Crippen LogP contribution is -2.52. The Bertz CT molecular complexity index is 402. The molecule has 2 aliphatic rings. The molecule has 24 heavy (non-hydrogen) atoms. The summed E-state index contributed by atoms with van der Waals surface area (Å²) >= 11 is 0. The molecule has 0 aromatic carbocycles. The lowest BCUT2D eigenvalue weighted by Gasteiger charge is -2.34. The van der Waals surface area contributed by atoms with Crippen LogP contribution in [-0.2, 0) is 14.3 Å². The van der Waals surface area contributed by atoms with Crippen LogP contribution in [0.1, 0.15) is 45.4 Å². The van der Waals surface area contributed by atoms with E-state index >= 15 is 0 Å². The summed E-state index contributed by atoms with van der Waals surface area (Å²) in [5.41, 5.74) is 0. The highest BCUT2D eigenvalue weighted by Gasteiger charge is 2.24.